The van der Waals surface area contributed by atoms with E-state index < -0.39 is 0 Å². The van der Waals surface area contributed by atoms with Gasteiger partial charge in [-0.2, -0.15) is 5.26 Å². The molecule has 66 valence electrons. The maximum Gasteiger partial charge on any atom is 0.130 e. The van der Waals surface area contributed by atoms with Crippen molar-refractivity contribution in [2.75, 3.05) is 0 Å². The zero-order chi connectivity index (χ0) is 9.42. The molecule has 1 heterocycles. The summed E-state index contributed by atoms with van der Waals surface area (Å²) < 4.78 is 5.53. The summed E-state index contributed by atoms with van der Waals surface area (Å²) in [6, 6.07) is 2.25. The van der Waals surface area contributed by atoms with Crippen LogP contribution in [0.5, 0.6) is 0 Å². The number of allylic oxidation sites excluding steroid dienone is 1. The van der Waals surface area contributed by atoms with Gasteiger partial charge in [0.1, 0.15) is 11.5 Å². The second-order valence-corrected chi connectivity index (χ2v) is 3.42. The molecular formula is C11H11NO. The van der Waals surface area contributed by atoms with Crippen LogP contribution in [0.25, 0.3) is 6.08 Å². The zero-order valence-corrected chi connectivity index (χ0v) is 7.79. The molecule has 0 amide bonds. The summed E-state index contributed by atoms with van der Waals surface area (Å²) in [7, 11) is 0. The monoisotopic (exact) mass is 173 g/mol. The van der Waals surface area contributed by atoms with E-state index in [0.717, 1.165) is 17.9 Å². The van der Waals surface area contributed by atoms with Gasteiger partial charge in [0.25, 0.3) is 0 Å². The fourth-order valence-electron chi connectivity index (χ4n) is 1.67. The van der Waals surface area contributed by atoms with Crippen LogP contribution in [0, 0.1) is 31.1 Å². The first-order chi connectivity index (χ1) is 6.22. The molecule has 1 aromatic rings. The third kappa shape index (κ3) is 1.17. The lowest BCUT2D eigenvalue weighted by Gasteiger charge is -2.08. The standard InChI is InChI=1S/C11H11NO/c1-7-8(2)13-11-4-3-9(6-12)5-10(7)11/h3-4,9H,5H2,1-2H3. The molecule has 2 heteroatoms. The summed E-state index contributed by atoms with van der Waals surface area (Å²) in [6.07, 6.45) is 4.61. The molecule has 1 aromatic heterocycles. The Hall–Kier alpha value is -1.49. The molecule has 1 unspecified atom stereocenters. The maximum atomic E-state index is 8.78. The molecule has 0 radical (unpaired) electrons. The molecule has 13 heavy (non-hydrogen) atoms. The van der Waals surface area contributed by atoms with Crippen molar-refractivity contribution in [2.24, 2.45) is 5.92 Å². The topological polar surface area (TPSA) is 36.9 Å². The molecule has 0 bridgehead atoms. The number of nitriles is 1. The van der Waals surface area contributed by atoms with Crippen LogP contribution in [0.3, 0.4) is 0 Å². The first-order valence-corrected chi connectivity index (χ1v) is 4.39. The number of aryl methyl sites for hydroxylation is 1. The van der Waals surface area contributed by atoms with E-state index in [4.69, 9.17) is 9.68 Å². The average Bonchev–Trinajstić information content (AvgIpc) is 2.43. The molecule has 0 fully saturated rings. The van der Waals surface area contributed by atoms with E-state index >= 15 is 0 Å². The van der Waals surface area contributed by atoms with E-state index in [1.165, 1.54) is 11.1 Å². The van der Waals surface area contributed by atoms with Gasteiger partial charge >= 0.3 is 0 Å². The number of hydrogen-bond acceptors (Lipinski definition) is 2. The highest BCUT2D eigenvalue weighted by molar-refractivity contribution is 5.55. The zero-order valence-electron chi connectivity index (χ0n) is 7.79. The highest BCUT2D eigenvalue weighted by Gasteiger charge is 2.19. The quantitative estimate of drug-likeness (QED) is 0.604. The largest absolute Gasteiger partial charge is 0.461 e. The van der Waals surface area contributed by atoms with E-state index in [2.05, 4.69) is 6.07 Å². The number of fused-ring (bicyclic) bond motifs is 1. The van der Waals surface area contributed by atoms with E-state index in [0.29, 0.717) is 0 Å². The van der Waals surface area contributed by atoms with E-state index in [1.54, 1.807) is 0 Å². The number of furan rings is 1. The summed E-state index contributed by atoms with van der Waals surface area (Å²) in [4.78, 5) is 0. The molecule has 1 atom stereocenters. The van der Waals surface area contributed by atoms with Crippen molar-refractivity contribution < 1.29 is 4.42 Å². The molecule has 0 aliphatic heterocycles. The van der Waals surface area contributed by atoms with Gasteiger partial charge in [0.2, 0.25) is 0 Å². The molecule has 0 aromatic carbocycles. The van der Waals surface area contributed by atoms with Gasteiger partial charge in [-0.3, -0.25) is 0 Å². The van der Waals surface area contributed by atoms with Crippen LogP contribution in [0.4, 0.5) is 0 Å². The summed E-state index contributed by atoms with van der Waals surface area (Å²) >= 11 is 0. The van der Waals surface area contributed by atoms with E-state index in [-0.39, 0.29) is 5.92 Å². The van der Waals surface area contributed by atoms with Gasteiger partial charge in [-0.1, -0.05) is 6.08 Å². The molecule has 1 aliphatic carbocycles. The summed E-state index contributed by atoms with van der Waals surface area (Å²) in [6.45, 7) is 4.01. The third-order valence-electron chi connectivity index (χ3n) is 2.61. The van der Waals surface area contributed by atoms with Crippen molar-refractivity contribution >= 4 is 6.08 Å². The van der Waals surface area contributed by atoms with Crippen molar-refractivity contribution in [3.63, 3.8) is 0 Å². The van der Waals surface area contributed by atoms with E-state index in [1.807, 2.05) is 26.0 Å². The SMILES string of the molecule is Cc1oc2c(c1C)CC(C#N)C=C2. The number of hydrogen-bond donors (Lipinski definition) is 0. The van der Waals surface area contributed by atoms with E-state index in [9.17, 15) is 0 Å². The van der Waals surface area contributed by atoms with Crippen molar-refractivity contribution in [1.82, 2.24) is 0 Å². The van der Waals surface area contributed by atoms with Gasteiger partial charge in [0, 0.05) is 5.56 Å². The Balaban J connectivity index is 2.48. The van der Waals surface area contributed by atoms with Crippen LogP contribution >= 0.6 is 0 Å². The van der Waals surface area contributed by atoms with Gasteiger partial charge in [-0.15, -0.1) is 0 Å². The van der Waals surface area contributed by atoms with Gasteiger partial charge in [0.05, 0.1) is 12.0 Å². The Morgan fingerprint density at radius 3 is 3.00 bits per heavy atom. The Labute approximate surface area is 77.5 Å². The second kappa shape index (κ2) is 2.77. The Bertz CT molecular complexity index is 406. The molecule has 1 aliphatic rings. The van der Waals surface area contributed by atoms with Crippen molar-refractivity contribution in [3.05, 3.63) is 28.7 Å². The van der Waals surface area contributed by atoms with Crippen molar-refractivity contribution in [2.45, 2.75) is 20.3 Å². The lowest BCUT2D eigenvalue weighted by Crippen LogP contribution is -2.03. The van der Waals surface area contributed by atoms with Crippen LogP contribution in [0.1, 0.15) is 22.6 Å². The van der Waals surface area contributed by atoms with Gasteiger partial charge in [-0.25, -0.2) is 0 Å². The second-order valence-electron chi connectivity index (χ2n) is 3.42. The predicted octanol–water partition coefficient (Wildman–Crippen LogP) is 2.61. The van der Waals surface area contributed by atoms with Crippen LogP contribution in [-0.2, 0) is 6.42 Å². The van der Waals surface area contributed by atoms with Gasteiger partial charge in [0.15, 0.2) is 0 Å². The highest BCUT2D eigenvalue weighted by atomic mass is 16.3. The fourth-order valence-corrected chi connectivity index (χ4v) is 1.67. The van der Waals surface area contributed by atoms with Crippen LogP contribution < -0.4 is 0 Å². The molecular weight excluding hydrogens is 162 g/mol. The molecule has 0 saturated carbocycles. The minimum atomic E-state index is 0.0169. The van der Waals surface area contributed by atoms with Gasteiger partial charge in [-0.05, 0) is 31.9 Å². The Morgan fingerprint density at radius 2 is 2.31 bits per heavy atom. The molecule has 2 nitrogen and oxygen atoms in total. The smallest absolute Gasteiger partial charge is 0.130 e. The molecule has 2 rings (SSSR count). The molecule has 0 N–H and O–H groups in total. The first kappa shape index (κ1) is 8.12. The average molecular weight is 173 g/mol. The lowest BCUT2D eigenvalue weighted by molar-refractivity contribution is 0.517. The van der Waals surface area contributed by atoms with Crippen LogP contribution in [-0.4, -0.2) is 0 Å². The summed E-state index contributed by atoms with van der Waals surface area (Å²) in [5, 5.41) is 8.78. The van der Waals surface area contributed by atoms with Crippen LogP contribution in [0.15, 0.2) is 10.5 Å². The van der Waals surface area contributed by atoms with Crippen LogP contribution in [0.2, 0.25) is 0 Å². The fraction of sp³-hybridized carbons (Fsp3) is 0.364. The Kier molecular flexibility index (Phi) is 1.73. The summed E-state index contributed by atoms with van der Waals surface area (Å²) in [5.41, 5.74) is 2.39. The number of rotatable bonds is 0. The normalized spacial score (nSPS) is 19.6. The predicted molar refractivity (Wildman–Crippen MR) is 50.0 cm³/mol. The lowest BCUT2D eigenvalue weighted by atomic mass is 9.92. The maximum absolute atomic E-state index is 8.78. The van der Waals surface area contributed by atoms with Crippen molar-refractivity contribution in [3.8, 4) is 6.07 Å². The molecule has 0 spiro atoms. The minimum Gasteiger partial charge on any atom is -0.461 e. The highest BCUT2D eigenvalue weighted by Crippen LogP contribution is 2.29. The molecule has 0 saturated heterocycles. The van der Waals surface area contributed by atoms with Crippen molar-refractivity contribution in [1.29, 1.82) is 5.26 Å². The van der Waals surface area contributed by atoms with Gasteiger partial charge < -0.3 is 4.42 Å². The number of nitrogens with zero attached hydrogens (tertiary/aromatic N) is 1. The Morgan fingerprint density at radius 1 is 1.54 bits per heavy atom. The summed E-state index contributed by atoms with van der Waals surface area (Å²) in [5.74, 6) is 1.91. The minimum absolute atomic E-state index is 0.0169. The first-order valence-electron chi connectivity index (χ1n) is 4.39. The third-order valence-corrected chi connectivity index (χ3v) is 2.61.